The van der Waals surface area contributed by atoms with Crippen molar-refractivity contribution in [2.75, 3.05) is 0 Å². The van der Waals surface area contributed by atoms with Crippen molar-refractivity contribution in [2.45, 2.75) is 0 Å². The minimum Gasteiger partial charge on any atom is -0.455 e. The molecule has 2 nitrogen and oxygen atoms in total. The molecule has 0 aliphatic heterocycles. The van der Waals surface area contributed by atoms with Gasteiger partial charge in [0.1, 0.15) is 17.2 Å². The summed E-state index contributed by atoms with van der Waals surface area (Å²) in [4.78, 5) is 12.5. The van der Waals surface area contributed by atoms with Gasteiger partial charge < -0.3 is 4.42 Å². The second-order valence-corrected chi connectivity index (χ2v) is 5.53. The highest BCUT2D eigenvalue weighted by atomic mass is 19.1. The van der Waals surface area contributed by atoms with E-state index in [1.54, 1.807) is 24.3 Å². The first-order chi connectivity index (χ1) is 11.7. The van der Waals surface area contributed by atoms with Gasteiger partial charge in [-0.15, -0.1) is 0 Å². The second-order valence-electron chi connectivity index (χ2n) is 5.53. The minimum atomic E-state index is -0.301. The molecule has 0 aliphatic carbocycles. The predicted octanol–water partition coefficient (Wildman–Crippen LogP) is 5.27. The van der Waals surface area contributed by atoms with Crippen LogP contribution in [0.2, 0.25) is 0 Å². The van der Waals surface area contributed by atoms with Crippen molar-refractivity contribution < 1.29 is 8.81 Å². The number of para-hydroxylation sites is 1. The van der Waals surface area contributed by atoms with Gasteiger partial charge >= 0.3 is 0 Å². The van der Waals surface area contributed by atoms with Crippen LogP contribution in [0.4, 0.5) is 4.39 Å². The van der Waals surface area contributed by atoms with Gasteiger partial charge in [0.15, 0.2) is 5.43 Å². The number of halogens is 1. The summed E-state index contributed by atoms with van der Waals surface area (Å²) >= 11 is 0. The lowest BCUT2D eigenvalue weighted by molar-refractivity contribution is 0.619. The van der Waals surface area contributed by atoms with Gasteiger partial charge in [0.25, 0.3) is 0 Å². The molecular weight excluding hydrogens is 303 g/mol. The van der Waals surface area contributed by atoms with Gasteiger partial charge in [0.2, 0.25) is 0 Å². The Morgan fingerprint density at radius 3 is 2.25 bits per heavy atom. The first kappa shape index (κ1) is 14.4. The van der Waals surface area contributed by atoms with Gasteiger partial charge in [-0.05, 0) is 23.8 Å². The van der Waals surface area contributed by atoms with Crippen LogP contribution in [0.15, 0.2) is 88.1 Å². The maximum atomic E-state index is 13.2. The van der Waals surface area contributed by atoms with Crippen molar-refractivity contribution in [1.82, 2.24) is 0 Å². The first-order valence-electron chi connectivity index (χ1n) is 7.60. The zero-order valence-electron chi connectivity index (χ0n) is 12.7. The van der Waals surface area contributed by atoms with Crippen LogP contribution in [0, 0.1) is 5.82 Å². The molecule has 0 aliphatic rings. The zero-order valence-corrected chi connectivity index (χ0v) is 12.7. The highest BCUT2D eigenvalue weighted by Gasteiger charge is 2.11. The third-order valence-electron chi connectivity index (χ3n) is 3.97. The second kappa shape index (κ2) is 5.78. The number of fused-ring (bicyclic) bond motifs is 1. The molecule has 3 aromatic carbocycles. The smallest absolute Gasteiger partial charge is 0.193 e. The third kappa shape index (κ3) is 2.50. The maximum absolute atomic E-state index is 13.2. The van der Waals surface area contributed by atoms with Crippen molar-refractivity contribution in [3.8, 4) is 22.5 Å². The van der Waals surface area contributed by atoms with E-state index >= 15 is 0 Å². The Kier molecular flexibility index (Phi) is 3.47. The molecule has 0 N–H and O–H groups in total. The van der Waals surface area contributed by atoms with Crippen LogP contribution < -0.4 is 5.43 Å². The van der Waals surface area contributed by atoms with Crippen LogP contribution in [0.5, 0.6) is 0 Å². The number of hydrogen-bond acceptors (Lipinski definition) is 2. The highest BCUT2D eigenvalue weighted by Crippen LogP contribution is 2.30. The molecule has 0 radical (unpaired) electrons. The Hall–Kier alpha value is -3.20. The van der Waals surface area contributed by atoms with Gasteiger partial charge in [-0.3, -0.25) is 4.79 Å². The van der Waals surface area contributed by atoms with Crippen LogP contribution in [0.1, 0.15) is 0 Å². The van der Waals surface area contributed by atoms with Crippen LogP contribution in [-0.2, 0) is 0 Å². The molecule has 0 unspecified atom stereocenters. The van der Waals surface area contributed by atoms with Crippen LogP contribution >= 0.6 is 0 Å². The van der Waals surface area contributed by atoms with Gasteiger partial charge in [-0.25, -0.2) is 4.39 Å². The van der Waals surface area contributed by atoms with E-state index in [9.17, 15) is 9.18 Å². The molecule has 0 amide bonds. The van der Waals surface area contributed by atoms with Gasteiger partial charge in [0.05, 0.1) is 5.39 Å². The Labute approximate surface area is 137 Å². The van der Waals surface area contributed by atoms with Crippen molar-refractivity contribution in [1.29, 1.82) is 0 Å². The lowest BCUT2D eigenvalue weighted by Gasteiger charge is -2.08. The fraction of sp³-hybridized carbons (Fsp3) is 0. The third-order valence-corrected chi connectivity index (χ3v) is 3.97. The summed E-state index contributed by atoms with van der Waals surface area (Å²) in [5, 5.41) is 0.511. The molecule has 0 saturated heterocycles. The van der Waals surface area contributed by atoms with Crippen molar-refractivity contribution in [3.05, 3.63) is 94.9 Å². The van der Waals surface area contributed by atoms with Crippen molar-refractivity contribution in [2.24, 2.45) is 0 Å². The Bertz CT molecular complexity index is 1060. The molecule has 24 heavy (non-hydrogen) atoms. The molecule has 0 spiro atoms. The van der Waals surface area contributed by atoms with Gasteiger partial charge in [-0.1, -0.05) is 54.6 Å². The summed E-state index contributed by atoms with van der Waals surface area (Å²) in [6.07, 6.45) is 0. The lowest BCUT2D eigenvalue weighted by atomic mass is 10.0. The molecule has 0 atom stereocenters. The summed E-state index contributed by atoms with van der Waals surface area (Å²) in [5.74, 6) is 0.216. The Morgan fingerprint density at radius 2 is 1.50 bits per heavy atom. The minimum absolute atomic E-state index is 0.0981. The first-order valence-corrected chi connectivity index (χ1v) is 7.60. The largest absolute Gasteiger partial charge is 0.455 e. The summed E-state index contributed by atoms with van der Waals surface area (Å²) in [7, 11) is 0. The number of hydrogen-bond donors (Lipinski definition) is 0. The fourth-order valence-corrected chi connectivity index (χ4v) is 2.78. The quantitative estimate of drug-likeness (QED) is 0.504. The zero-order chi connectivity index (χ0) is 16.5. The molecule has 4 aromatic rings. The van der Waals surface area contributed by atoms with Crippen LogP contribution in [0.25, 0.3) is 33.4 Å². The molecule has 0 saturated carbocycles. The summed E-state index contributed by atoms with van der Waals surface area (Å²) in [6, 6.07) is 22.6. The predicted molar refractivity (Wildman–Crippen MR) is 93.3 cm³/mol. The van der Waals surface area contributed by atoms with Crippen molar-refractivity contribution >= 4 is 11.0 Å². The van der Waals surface area contributed by atoms with E-state index in [0.717, 1.165) is 16.7 Å². The molecular formula is C21H13FO2. The van der Waals surface area contributed by atoms with Crippen molar-refractivity contribution in [3.63, 3.8) is 0 Å². The van der Waals surface area contributed by atoms with E-state index in [1.807, 2.05) is 36.4 Å². The van der Waals surface area contributed by atoms with Crippen LogP contribution in [-0.4, -0.2) is 0 Å². The average Bonchev–Trinajstić information content (AvgIpc) is 2.63. The maximum Gasteiger partial charge on any atom is 0.193 e. The molecule has 116 valence electrons. The summed E-state index contributed by atoms with van der Waals surface area (Å²) in [5.41, 5.74) is 2.82. The Morgan fingerprint density at radius 1 is 0.750 bits per heavy atom. The van der Waals surface area contributed by atoms with E-state index in [2.05, 4.69) is 0 Å². The average molecular weight is 316 g/mol. The molecule has 0 bridgehead atoms. The molecule has 3 heteroatoms. The van der Waals surface area contributed by atoms with Gasteiger partial charge in [-0.2, -0.15) is 0 Å². The monoisotopic (exact) mass is 316 g/mol. The summed E-state index contributed by atoms with van der Waals surface area (Å²) < 4.78 is 19.2. The van der Waals surface area contributed by atoms with E-state index in [-0.39, 0.29) is 11.2 Å². The van der Waals surface area contributed by atoms with E-state index in [0.29, 0.717) is 16.7 Å². The number of benzene rings is 3. The van der Waals surface area contributed by atoms with E-state index < -0.39 is 0 Å². The normalized spacial score (nSPS) is 10.9. The number of rotatable bonds is 2. The fourth-order valence-electron chi connectivity index (χ4n) is 2.78. The van der Waals surface area contributed by atoms with E-state index in [1.165, 1.54) is 18.2 Å². The highest BCUT2D eigenvalue weighted by molar-refractivity contribution is 5.92. The molecule has 1 aromatic heterocycles. The molecule has 4 rings (SSSR count). The SMILES string of the molecule is O=c1cc(-c2ccccc2)oc2c(-c3ccc(F)cc3)cccc12. The topological polar surface area (TPSA) is 30.2 Å². The standard InChI is InChI=1S/C21H13FO2/c22-16-11-9-14(10-12-16)17-7-4-8-18-19(23)13-20(24-21(17)18)15-5-2-1-3-6-15/h1-13H. The van der Waals surface area contributed by atoms with Gasteiger partial charge in [0, 0.05) is 17.2 Å². The molecule has 0 fully saturated rings. The lowest BCUT2D eigenvalue weighted by Crippen LogP contribution is -2.01. The summed E-state index contributed by atoms with van der Waals surface area (Å²) in [6.45, 7) is 0. The Balaban J connectivity index is 2.00. The molecule has 1 heterocycles. The van der Waals surface area contributed by atoms with E-state index in [4.69, 9.17) is 4.42 Å². The van der Waals surface area contributed by atoms with Crippen LogP contribution in [0.3, 0.4) is 0 Å².